The van der Waals surface area contributed by atoms with Crippen molar-refractivity contribution in [3.63, 3.8) is 0 Å². The van der Waals surface area contributed by atoms with Gasteiger partial charge in [0.1, 0.15) is 5.82 Å². The smallest absolute Gasteiger partial charge is 0.354 e. The zero-order chi connectivity index (χ0) is 20.2. The van der Waals surface area contributed by atoms with Crippen molar-refractivity contribution in [2.45, 2.75) is 32.5 Å². The molecule has 0 saturated carbocycles. The number of hydrogen-bond acceptors (Lipinski definition) is 5. The maximum absolute atomic E-state index is 12.6. The fraction of sp³-hybridized carbons (Fsp3) is 0.588. The van der Waals surface area contributed by atoms with Crippen LogP contribution in [0.2, 0.25) is 0 Å². The van der Waals surface area contributed by atoms with Crippen LogP contribution in [0.1, 0.15) is 26.3 Å². The average molecular weight is 387 g/mol. The molecule has 1 aromatic heterocycles. The van der Waals surface area contributed by atoms with Gasteiger partial charge in [-0.05, 0) is 32.9 Å². The summed E-state index contributed by atoms with van der Waals surface area (Å²) in [6.07, 6.45) is -3.58. The van der Waals surface area contributed by atoms with Gasteiger partial charge in [-0.15, -0.1) is 0 Å². The molecule has 10 heteroatoms. The second-order valence-corrected chi connectivity index (χ2v) is 7.42. The number of nitrogens with one attached hydrogen (secondary N) is 2. The van der Waals surface area contributed by atoms with E-state index >= 15 is 0 Å². The molecule has 27 heavy (non-hydrogen) atoms. The Bertz CT molecular complexity index is 663. The molecular weight excluding hydrogens is 363 g/mol. The highest BCUT2D eigenvalue weighted by Crippen LogP contribution is 2.29. The summed E-state index contributed by atoms with van der Waals surface area (Å²) in [5.74, 6) is 0.0644. The van der Waals surface area contributed by atoms with E-state index in [1.54, 1.807) is 0 Å². The first-order valence-electron chi connectivity index (χ1n) is 8.56. The van der Waals surface area contributed by atoms with Gasteiger partial charge in [0.05, 0.1) is 12.1 Å². The Morgan fingerprint density at radius 2 is 1.74 bits per heavy atom. The van der Waals surface area contributed by atoms with Crippen molar-refractivity contribution in [1.29, 1.82) is 0 Å². The normalized spacial score (nSPS) is 16.1. The number of rotatable bonds is 3. The van der Waals surface area contributed by atoms with Crippen LogP contribution in [-0.4, -0.2) is 60.1 Å². The van der Waals surface area contributed by atoms with E-state index in [1.807, 2.05) is 30.6 Å². The van der Waals surface area contributed by atoms with Crippen LogP contribution in [0.15, 0.2) is 18.3 Å². The highest BCUT2D eigenvalue weighted by molar-refractivity contribution is 5.95. The summed E-state index contributed by atoms with van der Waals surface area (Å²) in [7, 11) is 0. The molecule has 3 amide bonds. The van der Waals surface area contributed by atoms with Gasteiger partial charge in [-0.3, -0.25) is 15.0 Å². The van der Waals surface area contributed by atoms with E-state index in [-0.39, 0.29) is 6.54 Å². The number of aromatic nitrogens is 1. The van der Waals surface area contributed by atoms with E-state index in [2.05, 4.69) is 15.6 Å². The Kier molecular flexibility index (Phi) is 6.30. The number of pyridine rings is 1. The average Bonchev–Trinajstić information content (AvgIpc) is 2.53. The molecule has 2 N–H and O–H groups in total. The zero-order valence-corrected chi connectivity index (χ0v) is 15.6. The van der Waals surface area contributed by atoms with E-state index in [4.69, 9.17) is 0 Å². The van der Waals surface area contributed by atoms with E-state index in [0.717, 1.165) is 12.3 Å². The first kappa shape index (κ1) is 20.9. The second-order valence-electron chi connectivity index (χ2n) is 7.42. The van der Waals surface area contributed by atoms with Crippen LogP contribution < -0.4 is 15.5 Å². The van der Waals surface area contributed by atoms with Gasteiger partial charge >= 0.3 is 12.2 Å². The van der Waals surface area contributed by atoms with Gasteiger partial charge in [-0.2, -0.15) is 13.2 Å². The quantitative estimate of drug-likeness (QED) is 0.828. The highest BCUT2D eigenvalue weighted by atomic mass is 19.4. The SMILES string of the molecule is CC(C)(C)NC(=O)NC(=O)CN1CCN(c2ccc(C(F)(F)F)cn2)CC1. The minimum absolute atomic E-state index is 0.0752. The Morgan fingerprint density at radius 3 is 2.22 bits per heavy atom. The lowest BCUT2D eigenvalue weighted by Gasteiger charge is -2.35. The molecular formula is C17H24F3N5O2. The summed E-state index contributed by atoms with van der Waals surface area (Å²) in [5, 5.41) is 4.93. The molecule has 0 bridgehead atoms. The Hall–Kier alpha value is -2.36. The number of piperazine rings is 1. The van der Waals surface area contributed by atoms with Crippen molar-refractivity contribution in [2.24, 2.45) is 0 Å². The van der Waals surface area contributed by atoms with Crippen molar-refractivity contribution >= 4 is 17.8 Å². The van der Waals surface area contributed by atoms with E-state index < -0.39 is 29.2 Å². The monoisotopic (exact) mass is 387 g/mol. The van der Waals surface area contributed by atoms with Crippen LogP contribution in [0.4, 0.5) is 23.8 Å². The summed E-state index contributed by atoms with van der Waals surface area (Å²) in [6, 6.07) is 1.82. The van der Waals surface area contributed by atoms with Crippen molar-refractivity contribution in [3.05, 3.63) is 23.9 Å². The van der Waals surface area contributed by atoms with E-state index in [1.165, 1.54) is 6.07 Å². The van der Waals surface area contributed by atoms with Crippen molar-refractivity contribution < 1.29 is 22.8 Å². The molecule has 0 spiro atoms. The van der Waals surface area contributed by atoms with Gasteiger partial charge in [-0.1, -0.05) is 0 Å². The number of urea groups is 1. The first-order valence-corrected chi connectivity index (χ1v) is 8.56. The number of halogens is 3. The second kappa shape index (κ2) is 8.12. The van der Waals surface area contributed by atoms with Crippen molar-refractivity contribution in [3.8, 4) is 0 Å². The number of anilines is 1. The summed E-state index contributed by atoms with van der Waals surface area (Å²) in [5.41, 5.74) is -1.22. The van der Waals surface area contributed by atoms with Gasteiger partial charge in [0.15, 0.2) is 0 Å². The largest absolute Gasteiger partial charge is 0.417 e. The number of carbonyl (C=O) groups excluding carboxylic acids is 2. The minimum Gasteiger partial charge on any atom is -0.354 e. The predicted octanol–water partition coefficient (Wildman–Crippen LogP) is 1.85. The Morgan fingerprint density at radius 1 is 1.11 bits per heavy atom. The molecule has 1 aliphatic heterocycles. The van der Waals surface area contributed by atoms with Crippen LogP contribution in [-0.2, 0) is 11.0 Å². The molecule has 1 aromatic rings. The summed E-state index contributed by atoms with van der Waals surface area (Å²) >= 11 is 0. The van der Waals surface area contributed by atoms with Crippen LogP contribution in [0.3, 0.4) is 0 Å². The number of carbonyl (C=O) groups is 2. The number of hydrogen-bond donors (Lipinski definition) is 2. The van der Waals surface area contributed by atoms with Gasteiger partial charge in [0.2, 0.25) is 5.91 Å². The van der Waals surface area contributed by atoms with Gasteiger partial charge in [-0.25, -0.2) is 9.78 Å². The maximum Gasteiger partial charge on any atom is 0.417 e. The minimum atomic E-state index is -4.41. The van der Waals surface area contributed by atoms with Crippen LogP contribution in [0.25, 0.3) is 0 Å². The Labute approximate surface area is 155 Å². The van der Waals surface area contributed by atoms with Crippen molar-refractivity contribution in [2.75, 3.05) is 37.6 Å². The molecule has 2 heterocycles. The lowest BCUT2D eigenvalue weighted by molar-refractivity contribution is -0.137. The number of alkyl halides is 3. The highest BCUT2D eigenvalue weighted by Gasteiger charge is 2.31. The lowest BCUT2D eigenvalue weighted by atomic mass is 10.1. The van der Waals surface area contributed by atoms with Crippen molar-refractivity contribution in [1.82, 2.24) is 20.5 Å². The molecule has 0 radical (unpaired) electrons. The summed E-state index contributed by atoms with van der Waals surface area (Å²) < 4.78 is 37.8. The predicted molar refractivity (Wildman–Crippen MR) is 94.3 cm³/mol. The van der Waals surface area contributed by atoms with Gasteiger partial charge < -0.3 is 10.2 Å². The van der Waals surface area contributed by atoms with E-state index in [9.17, 15) is 22.8 Å². The van der Waals surface area contributed by atoms with E-state index in [0.29, 0.717) is 32.0 Å². The Balaban J connectivity index is 1.80. The molecule has 2 rings (SSSR count). The molecule has 0 aliphatic carbocycles. The fourth-order valence-electron chi connectivity index (χ4n) is 2.62. The van der Waals surface area contributed by atoms with Gasteiger partial charge in [0, 0.05) is 37.9 Å². The third-order valence-electron chi connectivity index (χ3n) is 3.88. The number of nitrogens with zero attached hydrogens (tertiary/aromatic N) is 3. The topological polar surface area (TPSA) is 77.6 Å². The molecule has 0 unspecified atom stereocenters. The van der Waals surface area contributed by atoms with Crippen LogP contribution >= 0.6 is 0 Å². The number of imide groups is 1. The molecule has 150 valence electrons. The standard InChI is InChI=1S/C17H24F3N5O2/c1-16(2,3)23-15(27)22-14(26)11-24-6-8-25(9-7-24)13-5-4-12(10-21-13)17(18,19)20/h4-5,10H,6-9,11H2,1-3H3,(H2,22,23,26,27). The lowest BCUT2D eigenvalue weighted by Crippen LogP contribution is -2.53. The first-order chi connectivity index (χ1) is 12.4. The fourth-order valence-corrected chi connectivity index (χ4v) is 2.62. The molecule has 1 fully saturated rings. The third kappa shape index (κ3) is 6.70. The molecule has 7 nitrogen and oxygen atoms in total. The van der Waals surface area contributed by atoms with Crippen LogP contribution in [0.5, 0.6) is 0 Å². The number of amides is 3. The molecule has 0 aromatic carbocycles. The maximum atomic E-state index is 12.6. The summed E-state index contributed by atoms with van der Waals surface area (Å²) in [6.45, 7) is 7.64. The molecule has 1 aliphatic rings. The van der Waals surface area contributed by atoms with Gasteiger partial charge in [0.25, 0.3) is 0 Å². The summed E-state index contributed by atoms with van der Waals surface area (Å²) in [4.78, 5) is 31.3. The molecule has 1 saturated heterocycles. The third-order valence-corrected chi connectivity index (χ3v) is 3.88. The van der Waals surface area contributed by atoms with Crippen LogP contribution in [0, 0.1) is 0 Å². The zero-order valence-electron chi connectivity index (χ0n) is 15.6. The molecule has 0 atom stereocenters.